The first-order valence-electron chi connectivity index (χ1n) is 10.5. The predicted molar refractivity (Wildman–Crippen MR) is 134 cm³/mol. The Balaban J connectivity index is 1.91. The van der Waals surface area contributed by atoms with E-state index in [1.165, 1.54) is 51.0 Å². The number of methoxy groups -OCH3 is 4. The summed E-state index contributed by atoms with van der Waals surface area (Å²) in [6, 6.07) is 13.6. The Bertz CT molecular complexity index is 1460. The maximum Gasteiger partial charge on any atom is 0.433 e. The van der Waals surface area contributed by atoms with Gasteiger partial charge in [-0.1, -0.05) is 12.1 Å². The highest BCUT2D eigenvalue weighted by molar-refractivity contribution is 7.07. The molecule has 0 N–H and O–H groups in total. The fraction of sp³-hybridized carbons (Fsp3) is 0.167. The standard InChI is InChI=1S/C24H22N4O7S/c1-31-19-8-6-5-7-17(19)26-24-27(25-13-16-9-10-22(35-16)28(29)30)18(14-36-24)15-11-20(32-2)23(34-4)21(12-15)33-3/h5-14H,1-4H3. The largest absolute Gasteiger partial charge is 0.494 e. The molecule has 36 heavy (non-hydrogen) atoms. The Morgan fingerprint density at radius 3 is 2.28 bits per heavy atom. The lowest BCUT2D eigenvalue weighted by Gasteiger charge is -2.14. The van der Waals surface area contributed by atoms with Crippen LogP contribution in [0.4, 0.5) is 11.6 Å². The molecule has 0 amide bonds. The molecule has 0 aliphatic carbocycles. The first-order valence-corrected chi connectivity index (χ1v) is 11.3. The molecule has 11 nitrogen and oxygen atoms in total. The van der Waals surface area contributed by atoms with E-state index in [9.17, 15) is 10.1 Å². The second kappa shape index (κ2) is 10.8. The molecule has 12 heteroatoms. The molecular weight excluding hydrogens is 488 g/mol. The molecule has 0 aliphatic heterocycles. The number of ether oxygens (including phenoxy) is 4. The number of nitro groups is 1. The van der Waals surface area contributed by atoms with Crippen molar-refractivity contribution in [1.29, 1.82) is 0 Å². The average molecular weight is 511 g/mol. The second-order valence-corrected chi connectivity index (χ2v) is 7.93. The molecule has 0 unspecified atom stereocenters. The van der Waals surface area contributed by atoms with Gasteiger partial charge in [0.05, 0.1) is 46.4 Å². The average Bonchev–Trinajstić information content (AvgIpc) is 3.54. The fourth-order valence-electron chi connectivity index (χ4n) is 3.37. The number of benzene rings is 2. The first-order chi connectivity index (χ1) is 17.5. The highest BCUT2D eigenvalue weighted by atomic mass is 32.1. The Morgan fingerprint density at radius 2 is 1.67 bits per heavy atom. The molecule has 0 saturated carbocycles. The predicted octanol–water partition coefficient (Wildman–Crippen LogP) is 4.87. The van der Waals surface area contributed by atoms with E-state index >= 15 is 0 Å². The molecule has 4 rings (SSSR count). The van der Waals surface area contributed by atoms with Gasteiger partial charge in [0, 0.05) is 10.9 Å². The normalized spacial score (nSPS) is 11.6. The molecule has 0 atom stereocenters. The highest BCUT2D eigenvalue weighted by Crippen LogP contribution is 2.41. The number of hydrogen-bond acceptors (Lipinski definition) is 10. The van der Waals surface area contributed by atoms with Gasteiger partial charge >= 0.3 is 5.88 Å². The topological polar surface area (TPSA) is 123 Å². The molecular formula is C24H22N4O7S. The zero-order chi connectivity index (χ0) is 25.7. The smallest absolute Gasteiger partial charge is 0.433 e. The zero-order valence-electron chi connectivity index (χ0n) is 19.8. The van der Waals surface area contributed by atoms with Crippen molar-refractivity contribution >= 4 is 29.1 Å². The van der Waals surface area contributed by atoms with Crippen LogP contribution in [0.2, 0.25) is 0 Å². The number of nitrogens with zero attached hydrogens (tertiary/aromatic N) is 4. The number of hydrogen-bond donors (Lipinski definition) is 0. The van der Waals surface area contributed by atoms with Crippen molar-refractivity contribution < 1.29 is 28.3 Å². The molecule has 2 aromatic heterocycles. The van der Waals surface area contributed by atoms with Gasteiger partial charge in [0.15, 0.2) is 17.3 Å². The minimum absolute atomic E-state index is 0.208. The van der Waals surface area contributed by atoms with Gasteiger partial charge in [-0.05, 0) is 30.3 Å². The van der Waals surface area contributed by atoms with Crippen LogP contribution < -0.4 is 23.7 Å². The van der Waals surface area contributed by atoms with Crippen molar-refractivity contribution in [3.63, 3.8) is 0 Å². The minimum atomic E-state index is -0.612. The number of rotatable bonds is 9. The Kier molecular flexibility index (Phi) is 7.35. The van der Waals surface area contributed by atoms with Gasteiger partial charge in [-0.3, -0.25) is 10.1 Å². The van der Waals surface area contributed by atoms with Gasteiger partial charge in [0.2, 0.25) is 10.6 Å². The van der Waals surface area contributed by atoms with Crippen LogP contribution in [0.1, 0.15) is 5.76 Å². The van der Waals surface area contributed by atoms with E-state index in [2.05, 4.69) is 5.10 Å². The van der Waals surface area contributed by atoms with Crippen molar-refractivity contribution in [2.75, 3.05) is 28.4 Å². The van der Waals surface area contributed by atoms with E-state index in [1.54, 1.807) is 23.9 Å². The van der Waals surface area contributed by atoms with Crippen LogP contribution in [0.15, 0.2) is 68.4 Å². The SMILES string of the molecule is COc1ccccc1N=c1scc(-c2cc(OC)c(OC)c(OC)c2)n1N=Cc1ccc([N+](=O)[O-])o1. The van der Waals surface area contributed by atoms with Crippen molar-refractivity contribution in [3.05, 3.63) is 74.6 Å². The summed E-state index contributed by atoms with van der Waals surface area (Å²) >= 11 is 1.34. The molecule has 0 fully saturated rings. The Hall–Kier alpha value is -4.58. The van der Waals surface area contributed by atoms with Crippen LogP contribution in [0, 0.1) is 10.1 Å². The number of thiazole rings is 1. The van der Waals surface area contributed by atoms with Crippen LogP contribution in [0.3, 0.4) is 0 Å². The van der Waals surface area contributed by atoms with Crippen molar-refractivity contribution in [1.82, 2.24) is 4.68 Å². The summed E-state index contributed by atoms with van der Waals surface area (Å²) in [4.78, 5) is 15.6. The van der Waals surface area contributed by atoms with Gasteiger partial charge in [0.25, 0.3) is 0 Å². The number of furan rings is 1. The lowest BCUT2D eigenvalue weighted by molar-refractivity contribution is -0.402. The van der Waals surface area contributed by atoms with Crippen molar-refractivity contribution in [2.45, 2.75) is 0 Å². The summed E-state index contributed by atoms with van der Waals surface area (Å²) in [7, 11) is 6.17. The first kappa shape index (κ1) is 24.5. The van der Waals surface area contributed by atoms with Crippen LogP contribution >= 0.6 is 11.3 Å². The van der Waals surface area contributed by atoms with Gasteiger partial charge in [-0.25, -0.2) is 9.67 Å². The summed E-state index contributed by atoms with van der Waals surface area (Å²) in [5, 5.41) is 17.4. The number of aromatic nitrogens is 1. The maximum atomic E-state index is 11.0. The van der Waals surface area contributed by atoms with Gasteiger partial charge in [0.1, 0.15) is 16.4 Å². The van der Waals surface area contributed by atoms with E-state index < -0.39 is 4.92 Å². The summed E-state index contributed by atoms with van der Waals surface area (Å²) in [6.45, 7) is 0. The van der Waals surface area contributed by atoms with Gasteiger partial charge in [-0.15, -0.1) is 11.3 Å². The van der Waals surface area contributed by atoms with Crippen molar-refractivity contribution in [2.24, 2.45) is 10.1 Å². The van der Waals surface area contributed by atoms with E-state index in [1.807, 2.05) is 29.6 Å². The molecule has 0 radical (unpaired) electrons. The lowest BCUT2D eigenvalue weighted by atomic mass is 10.1. The van der Waals surface area contributed by atoms with Crippen LogP contribution in [-0.2, 0) is 0 Å². The molecule has 4 aromatic rings. The van der Waals surface area contributed by atoms with Gasteiger partial charge < -0.3 is 23.4 Å². The third-order valence-electron chi connectivity index (χ3n) is 5.04. The van der Waals surface area contributed by atoms with Crippen molar-refractivity contribution in [3.8, 4) is 34.3 Å². The van der Waals surface area contributed by atoms with E-state index in [4.69, 9.17) is 28.4 Å². The lowest BCUT2D eigenvalue weighted by Crippen LogP contribution is -2.11. The Morgan fingerprint density at radius 1 is 0.972 bits per heavy atom. The van der Waals surface area contributed by atoms with E-state index in [-0.39, 0.29) is 11.6 Å². The van der Waals surface area contributed by atoms with Gasteiger partial charge in [-0.2, -0.15) is 5.10 Å². The second-order valence-electron chi connectivity index (χ2n) is 7.09. The molecule has 2 heterocycles. The third kappa shape index (κ3) is 4.93. The molecule has 0 bridgehead atoms. The molecule has 0 saturated heterocycles. The minimum Gasteiger partial charge on any atom is -0.494 e. The quantitative estimate of drug-likeness (QED) is 0.179. The monoisotopic (exact) mass is 510 g/mol. The number of para-hydroxylation sites is 2. The van der Waals surface area contributed by atoms with E-state index in [0.717, 1.165) is 0 Å². The summed E-state index contributed by atoms with van der Waals surface area (Å²) in [5.74, 6) is 1.82. The third-order valence-corrected chi connectivity index (χ3v) is 5.86. The zero-order valence-corrected chi connectivity index (χ0v) is 20.6. The summed E-state index contributed by atoms with van der Waals surface area (Å²) in [6.07, 6.45) is 1.38. The molecule has 186 valence electrons. The summed E-state index contributed by atoms with van der Waals surface area (Å²) in [5.41, 5.74) is 1.98. The molecule has 0 spiro atoms. The maximum absolute atomic E-state index is 11.0. The van der Waals surface area contributed by atoms with E-state index in [0.29, 0.717) is 44.7 Å². The van der Waals surface area contributed by atoms with Crippen LogP contribution in [0.5, 0.6) is 23.0 Å². The molecule has 0 aliphatic rings. The Labute approximate surface area is 209 Å². The van der Waals surface area contributed by atoms with Crippen LogP contribution in [-0.4, -0.2) is 44.3 Å². The molecule has 2 aromatic carbocycles. The highest BCUT2D eigenvalue weighted by Gasteiger charge is 2.17. The van der Waals surface area contributed by atoms with Crippen LogP contribution in [0.25, 0.3) is 11.3 Å². The summed E-state index contributed by atoms with van der Waals surface area (Å²) < 4.78 is 28.7. The fourth-order valence-corrected chi connectivity index (χ4v) is 4.21.